The van der Waals surface area contributed by atoms with Crippen LogP contribution in [-0.2, 0) is 16.1 Å². The van der Waals surface area contributed by atoms with Crippen LogP contribution in [0.15, 0.2) is 28.8 Å². The lowest BCUT2D eigenvalue weighted by Crippen LogP contribution is -2.43. The molecule has 1 unspecified atom stereocenters. The van der Waals surface area contributed by atoms with Gasteiger partial charge in [0.1, 0.15) is 0 Å². The van der Waals surface area contributed by atoms with Crippen LogP contribution in [-0.4, -0.2) is 78.3 Å². The number of benzene rings is 1. The molecule has 3 heterocycles. The van der Waals surface area contributed by atoms with Gasteiger partial charge in [-0.3, -0.25) is 14.6 Å². The number of likely N-dealkylation sites (tertiary alicyclic amines) is 1. The van der Waals surface area contributed by atoms with Crippen molar-refractivity contribution in [2.45, 2.75) is 32.7 Å². The number of aromatic nitrogens is 2. The molecule has 0 aliphatic carbocycles. The molecule has 8 heteroatoms. The van der Waals surface area contributed by atoms with Gasteiger partial charge in [-0.15, -0.1) is 0 Å². The fraction of sp³-hybridized carbons (Fsp3) is 0.609. The molecule has 1 atom stereocenters. The zero-order valence-electron chi connectivity index (χ0n) is 18.4. The van der Waals surface area contributed by atoms with Crippen molar-refractivity contribution in [2.24, 2.45) is 5.92 Å². The SMILES string of the molecule is Cc1ccccc1-c1noc(CN2CCCC(C(=O)NCCCN3CCOCC3)C2)n1. The summed E-state index contributed by atoms with van der Waals surface area (Å²) in [6.45, 7) is 9.67. The van der Waals surface area contributed by atoms with Gasteiger partial charge in [0, 0.05) is 31.7 Å². The Morgan fingerprint density at radius 1 is 1.19 bits per heavy atom. The normalized spacial score (nSPS) is 20.6. The predicted octanol–water partition coefficient (Wildman–Crippen LogP) is 2.10. The van der Waals surface area contributed by atoms with Crippen LogP contribution in [0.25, 0.3) is 11.4 Å². The number of ether oxygens (including phenoxy) is 1. The van der Waals surface area contributed by atoms with E-state index in [-0.39, 0.29) is 11.8 Å². The Kier molecular flexibility index (Phi) is 7.66. The van der Waals surface area contributed by atoms with E-state index in [0.717, 1.165) is 82.9 Å². The number of amides is 1. The summed E-state index contributed by atoms with van der Waals surface area (Å²) in [6, 6.07) is 8.03. The first-order chi connectivity index (χ1) is 15.2. The van der Waals surface area contributed by atoms with Crippen LogP contribution in [0.2, 0.25) is 0 Å². The van der Waals surface area contributed by atoms with Gasteiger partial charge in [0.25, 0.3) is 0 Å². The van der Waals surface area contributed by atoms with Crippen LogP contribution in [0.3, 0.4) is 0 Å². The van der Waals surface area contributed by atoms with Crippen LogP contribution < -0.4 is 5.32 Å². The fourth-order valence-corrected chi connectivity index (χ4v) is 4.34. The Morgan fingerprint density at radius 2 is 2.03 bits per heavy atom. The van der Waals surface area contributed by atoms with Gasteiger partial charge in [-0.2, -0.15) is 4.98 Å². The molecular weight excluding hydrogens is 394 g/mol. The molecule has 0 radical (unpaired) electrons. The monoisotopic (exact) mass is 427 g/mol. The third kappa shape index (κ3) is 6.12. The first-order valence-corrected chi connectivity index (χ1v) is 11.4. The predicted molar refractivity (Wildman–Crippen MR) is 117 cm³/mol. The molecular formula is C23H33N5O3. The highest BCUT2D eigenvalue weighted by Gasteiger charge is 2.27. The summed E-state index contributed by atoms with van der Waals surface area (Å²) in [5, 5.41) is 7.28. The minimum absolute atomic E-state index is 0.0240. The molecule has 1 amide bonds. The summed E-state index contributed by atoms with van der Waals surface area (Å²) in [6.07, 6.45) is 2.92. The summed E-state index contributed by atoms with van der Waals surface area (Å²) in [4.78, 5) is 21.9. The van der Waals surface area contributed by atoms with Crippen molar-refractivity contribution >= 4 is 5.91 Å². The maximum atomic E-state index is 12.7. The Bertz CT molecular complexity index is 849. The topological polar surface area (TPSA) is 83.7 Å². The van der Waals surface area contributed by atoms with Crippen molar-refractivity contribution in [3.63, 3.8) is 0 Å². The molecule has 2 aromatic rings. The van der Waals surface area contributed by atoms with Gasteiger partial charge in [0.05, 0.1) is 25.7 Å². The van der Waals surface area contributed by atoms with E-state index in [2.05, 4.69) is 25.3 Å². The minimum atomic E-state index is 0.0240. The van der Waals surface area contributed by atoms with Gasteiger partial charge in [0.15, 0.2) is 0 Å². The highest BCUT2D eigenvalue weighted by atomic mass is 16.5. The summed E-state index contributed by atoms with van der Waals surface area (Å²) in [5.41, 5.74) is 2.11. The zero-order valence-corrected chi connectivity index (χ0v) is 18.4. The smallest absolute Gasteiger partial charge is 0.241 e. The highest BCUT2D eigenvalue weighted by molar-refractivity contribution is 5.78. The Balaban J connectivity index is 1.22. The summed E-state index contributed by atoms with van der Waals surface area (Å²) in [7, 11) is 0. The number of carbonyl (C=O) groups excluding carboxylic acids is 1. The molecule has 2 aliphatic heterocycles. The first kappa shape index (κ1) is 21.9. The molecule has 2 saturated heterocycles. The molecule has 31 heavy (non-hydrogen) atoms. The molecule has 0 saturated carbocycles. The van der Waals surface area contributed by atoms with Crippen molar-refractivity contribution in [3.05, 3.63) is 35.7 Å². The molecule has 0 spiro atoms. The van der Waals surface area contributed by atoms with E-state index in [1.165, 1.54) is 0 Å². The van der Waals surface area contributed by atoms with Crippen LogP contribution in [0, 0.1) is 12.8 Å². The zero-order chi connectivity index (χ0) is 21.5. The standard InChI is InChI=1S/C23H33N5O3/c1-18-6-2-3-8-20(18)22-25-21(31-26-22)17-28-10-4-7-19(16-28)23(29)24-9-5-11-27-12-14-30-15-13-27/h2-3,6,8,19H,4-5,7,9-17H2,1H3,(H,24,29). The average Bonchev–Trinajstić information content (AvgIpc) is 3.26. The van der Waals surface area contributed by atoms with Crippen LogP contribution >= 0.6 is 0 Å². The highest BCUT2D eigenvalue weighted by Crippen LogP contribution is 2.22. The second kappa shape index (κ2) is 10.8. The number of rotatable bonds is 8. The fourth-order valence-electron chi connectivity index (χ4n) is 4.34. The Morgan fingerprint density at radius 3 is 2.87 bits per heavy atom. The van der Waals surface area contributed by atoms with Gasteiger partial charge < -0.3 is 14.6 Å². The second-order valence-electron chi connectivity index (χ2n) is 8.50. The number of morpholine rings is 1. The molecule has 0 bridgehead atoms. The molecule has 168 valence electrons. The Labute approximate surface area is 183 Å². The minimum Gasteiger partial charge on any atom is -0.379 e. The molecule has 2 fully saturated rings. The van der Waals surface area contributed by atoms with Crippen LogP contribution in [0.1, 0.15) is 30.7 Å². The van der Waals surface area contributed by atoms with Crippen LogP contribution in [0.5, 0.6) is 0 Å². The van der Waals surface area contributed by atoms with Crippen molar-refractivity contribution in [3.8, 4) is 11.4 Å². The third-order valence-electron chi connectivity index (χ3n) is 6.14. The van der Waals surface area contributed by atoms with Gasteiger partial charge in [-0.25, -0.2) is 0 Å². The van der Waals surface area contributed by atoms with E-state index in [1.807, 2.05) is 31.2 Å². The van der Waals surface area contributed by atoms with Crippen LogP contribution in [0.4, 0.5) is 0 Å². The lowest BCUT2D eigenvalue weighted by Gasteiger charge is -2.31. The van der Waals surface area contributed by atoms with Crippen molar-refractivity contribution in [2.75, 3.05) is 52.5 Å². The Hall–Kier alpha value is -2.29. The van der Waals surface area contributed by atoms with E-state index in [4.69, 9.17) is 9.26 Å². The summed E-state index contributed by atoms with van der Waals surface area (Å²) in [5.74, 6) is 1.41. The maximum absolute atomic E-state index is 12.7. The lowest BCUT2D eigenvalue weighted by molar-refractivity contribution is -0.126. The number of nitrogens with one attached hydrogen (secondary N) is 1. The van der Waals surface area contributed by atoms with Gasteiger partial charge in [-0.05, 0) is 44.8 Å². The number of hydrogen-bond acceptors (Lipinski definition) is 7. The number of piperidine rings is 1. The lowest BCUT2D eigenvalue weighted by atomic mass is 9.97. The molecule has 2 aliphatic rings. The van der Waals surface area contributed by atoms with Crippen molar-refractivity contribution < 1.29 is 14.1 Å². The second-order valence-corrected chi connectivity index (χ2v) is 8.50. The largest absolute Gasteiger partial charge is 0.379 e. The number of hydrogen-bond donors (Lipinski definition) is 1. The van der Waals surface area contributed by atoms with Crippen molar-refractivity contribution in [1.29, 1.82) is 0 Å². The van der Waals surface area contributed by atoms with E-state index in [9.17, 15) is 4.79 Å². The van der Waals surface area contributed by atoms with E-state index in [1.54, 1.807) is 0 Å². The maximum Gasteiger partial charge on any atom is 0.241 e. The number of nitrogens with zero attached hydrogens (tertiary/aromatic N) is 4. The molecule has 1 N–H and O–H groups in total. The van der Waals surface area contributed by atoms with Gasteiger partial charge in [-0.1, -0.05) is 29.4 Å². The molecule has 1 aromatic carbocycles. The molecule has 4 rings (SSSR count). The number of aryl methyl sites for hydroxylation is 1. The summed E-state index contributed by atoms with van der Waals surface area (Å²) < 4.78 is 10.9. The first-order valence-electron chi connectivity index (χ1n) is 11.4. The summed E-state index contributed by atoms with van der Waals surface area (Å²) >= 11 is 0. The van der Waals surface area contributed by atoms with Crippen molar-refractivity contribution in [1.82, 2.24) is 25.3 Å². The van der Waals surface area contributed by atoms with E-state index >= 15 is 0 Å². The van der Waals surface area contributed by atoms with E-state index < -0.39 is 0 Å². The third-order valence-corrected chi connectivity index (χ3v) is 6.14. The number of carbonyl (C=O) groups is 1. The van der Waals surface area contributed by atoms with Gasteiger partial charge in [0.2, 0.25) is 17.6 Å². The molecule has 1 aromatic heterocycles. The average molecular weight is 428 g/mol. The van der Waals surface area contributed by atoms with E-state index in [0.29, 0.717) is 18.3 Å². The van der Waals surface area contributed by atoms with Gasteiger partial charge >= 0.3 is 0 Å². The molecule has 8 nitrogen and oxygen atoms in total. The quantitative estimate of drug-likeness (QED) is 0.646.